The number of nitrogens with zero attached hydrogens (tertiary/aromatic N) is 2. The number of amides is 2. The van der Waals surface area contributed by atoms with Gasteiger partial charge in [0.05, 0.1) is 6.61 Å². The molecule has 1 aliphatic heterocycles. The second-order valence-corrected chi connectivity index (χ2v) is 4.59. The first-order chi connectivity index (χ1) is 9.10. The van der Waals surface area contributed by atoms with Crippen LogP contribution in [0.15, 0.2) is 0 Å². The number of rotatable bonds is 7. The number of piperazine rings is 1. The maximum Gasteiger partial charge on any atom is 0.325 e. The molecule has 19 heavy (non-hydrogen) atoms. The first-order valence-corrected chi connectivity index (χ1v) is 6.84. The number of hydrogen-bond donors (Lipinski definition) is 0. The summed E-state index contributed by atoms with van der Waals surface area (Å²) in [4.78, 5) is 37.9. The Hall–Kier alpha value is -1.59. The molecule has 2 amide bonds. The Morgan fingerprint density at radius 1 is 1.11 bits per heavy atom. The van der Waals surface area contributed by atoms with Crippen molar-refractivity contribution in [3.05, 3.63) is 0 Å². The highest BCUT2D eigenvalue weighted by atomic mass is 16.5. The molecule has 0 aromatic rings. The third-order valence-corrected chi connectivity index (χ3v) is 2.97. The molecule has 0 radical (unpaired) electrons. The summed E-state index contributed by atoms with van der Waals surface area (Å²) in [5, 5.41) is 0. The quantitative estimate of drug-likeness (QED) is 0.382. The summed E-state index contributed by atoms with van der Waals surface area (Å²) in [6.45, 7) is 5.66. The molecule has 0 aromatic heterocycles. The molecule has 6 nitrogen and oxygen atoms in total. The molecule has 0 aliphatic carbocycles. The van der Waals surface area contributed by atoms with E-state index in [0.29, 0.717) is 26.2 Å². The Kier molecular flexibility index (Phi) is 6.32. The molecular weight excluding hydrogens is 248 g/mol. The third-order valence-electron chi connectivity index (χ3n) is 2.97. The normalized spacial score (nSPS) is 15.9. The minimum Gasteiger partial charge on any atom is -0.464 e. The number of hydrogen-bond acceptors (Lipinski definition) is 4. The summed E-state index contributed by atoms with van der Waals surface area (Å²) in [6.07, 6.45) is 2.57. The van der Waals surface area contributed by atoms with E-state index in [1.807, 2.05) is 13.8 Å². The molecule has 0 bridgehead atoms. The molecule has 1 fully saturated rings. The largest absolute Gasteiger partial charge is 0.464 e. The fraction of sp³-hybridized carbons (Fsp3) is 0.769. The predicted molar refractivity (Wildman–Crippen MR) is 69.3 cm³/mol. The van der Waals surface area contributed by atoms with Gasteiger partial charge in [-0.1, -0.05) is 20.3 Å². The van der Waals surface area contributed by atoms with Crippen LogP contribution in [0.4, 0.5) is 0 Å². The highest BCUT2D eigenvalue weighted by Gasteiger charge is 2.33. The van der Waals surface area contributed by atoms with Crippen LogP contribution >= 0.6 is 0 Å². The van der Waals surface area contributed by atoms with E-state index in [-0.39, 0.29) is 6.54 Å². The van der Waals surface area contributed by atoms with Gasteiger partial charge >= 0.3 is 17.8 Å². The molecule has 0 spiro atoms. The lowest BCUT2D eigenvalue weighted by Gasteiger charge is -2.32. The van der Waals surface area contributed by atoms with Gasteiger partial charge in [-0.05, 0) is 12.8 Å². The van der Waals surface area contributed by atoms with Crippen LogP contribution in [0.5, 0.6) is 0 Å². The van der Waals surface area contributed by atoms with Crippen LogP contribution in [0.25, 0.3) is 0 Å². The Labute approximate surface area is 113 Å². The molecule has 1 heterocycles. The topological polar surface area (TPSA) is 66.9 Å². The zero-order valence-electron chi connectivity index (χ0n) is 11.7. The van der Waals surface area contributed by atoms with Gasteiger partial charge in [-0.3, -0.25) is 14.4 Å². The Balaban J connectivity index is 2.42. The van der Waals surface area contributed by atoms with Gasteiger partial charge in [-0.25, -0.2) is 0 Å². The predicted octanol–water partition coefficient (Wildman–Crippen LogP) is 0.410. The molecule has 0 N–H and O–H groups in total. The Morgan fingerprint density at radius 2 is 1.74 bits per heavy atom. The number of esters is 1. The monoisotopic (exact) mass is 270 g/mol. The summed E-state index contributed by atoms with van der Waals surface area (Å²) < 4.78 is 4.99. The van der Waals surface area contributed by atoms with Gasteiger partial charge in [-0.2, -0.15) is 0 Å². The average Bonchev–Trinajstić information content (AvgIpc) is 2.39. The van der Waals surface area contributed by atoms with Crippen LogP contribution in [0.3, 0.4) is 0 Å². The van der Waals surface area contributed by atoms with Crippen LogP contribution in [0.1, 0.15) is 33.1 Å². The lowest BCUT2D eigenvalue weighted by Crippen LogP contribution is -2.55. The number of ether oxygens (including phenoxy) is 1. The van der Waals surface area contributed by atoms with Crippen molar-refractivity contribution in [1.82, 2.24) is 9.80 Å². The van der Waals surface area contributed by atoms with Gasteiger partial charge in [0.15, 0.2) is 0 Å². The smallest absolute Gasteiger partial charge is 0.325 e. The summed E-state index contributed by atoms with van der Waals surface area (Å²) in [6, 6.07) is 0. The van der Waals surface area contributed by atoms with E-state index in [4.69, 9.17) is 4.74 Å². The summed E-state index contributed by atoms with van der Waals surface area (Å²) >= 11 is 0. The van der Waals surface area contributed by atoms with Crippen LogP contribution in [0, 0.1) is 0 Å². The van der Waals surface area contributed by atoms with Crippen molar-refractivity contribution in [1.29, 1.82) is 0 Å². The van der Waals surface area contributed by atoms with E-state index in [1.54, 1.807) is 0 Å². The van der Waals surface area contributed by atoms with Gasteiger partial charge < -0.3 is 14.5 Å². The molecule has 1 aliphatic rings. The lowest BCUT2D eigenvalue weighted by molar-refractivity contribution is -0.159. The van der Waals surface area contributed by atoms with Gasteiger partial charge in [0, 0.05) is 19.6 Å². The molecule has 0 atom stereocenters. The van der Waals surface area contributed by atoms with Crippen LogP contribution in [0.2, 0.25) is 0 Å². The molecule has 0 unspecified atom stereocenters. The Morgan fingerprint density at radius 3 is 2.37 bits per heavy atom. The zero-order valence-corrected chi connectivity index (χ0v) is 11.7. The molecule has 6 heteroatoms. The van der Waals surface area contributed by atoms with Crippen LogP contribution in [-0.2, 0) is 19.1 Å². The van der Waals surface area contributed by atoms with Crippen molar-refractivity contribution < 1.29 is 19.1 Å². The molecule has 1 saturated heterocycles. The van der Waals surface area contributed by atoms with E-state index in [9.17, 15) is 14.4 Å². The first-order valence-electron chi connectivity index (χ1n) is 6.84. The van der Waals surface area contributed by atoms with Crippen molar-refractivity contribution in [2.75, 3.05) is 32.8 Å². The van der Waals surface area contributed by atoms with Gasteiger partial charge in [0.2, 0.25) is 0 Å². The minimum absolute atomic E-state index is 0.131. The second-order valence-electron chi connectivity index (χ2n) is 4.59. The van der Waals surface area contributed by atoms with Gasteiger partial charge in [0.1, 0.15) is 6.54 Å². The van der Waals surface area contributed by atoms with E-state index in [1.165, 1.54) is 9.80 Å². The lowest BCUT2D eigenvalue weighted by atomic mass is 10.2. The van der Waals surface area contributed by atoms with Gasteiger partial charge in [0.25, 0.3) is 0 Å². The fourth-order valence-electron chi connectivity index (χ4n) is 1.88. The minimum atomic E-state index is -0.604. The standard InChI is InChI=1S/C13H22N2O4/c1-3-5-9-19-11(16)10-15-8-7-14(6-4-2)12(17)13(15)18/h3-10H2,1-2H3. The van der Waals surface area contributed by atoms with Crippen molar-refractivity contribution in [2.24, 2.45) is 0 Å². The number of carbonyl (C=O) groups excluding carboxylic acids is 3. The number of unbranched alkanes of at least 4 members (excludes halogenated alkanes) is 1. The highest BCUT2D eigenvalue weighted by Crippen LogP contribution is 2.06. The molecule has 0 saturated carbocycles. The van der Waals surface area contributed by atoms with Crippen LogP contribution < -0.4 is 0 Å². The van der Waals surface area contributed by atoms with Crippen molar-refractivity contribution in [3.63, 3.8) is 0 Å². The van der Waals surface area contributed by atoms with Crippen LogP contribution in [-0.4, -0.2) is 60.4 Å². The summed E-state index contributed by atoms with van der Waals surface area (Å²) in [5.74, 6) is -1.57. The van der Waals surface area contributed by atoms with Gasteiger partial charge in [-0.15, -0.1) is 0 Å². The molecule has 108 valence electrons. The second kappa shape index (κ2) is 7.76. The van der Waals surface area contributed by atoms with Crippen molar-refractivity contribution in [2.45, 2.75) is 33.1 Å². The van der Waals surface area contributed by atoms with E-state index < -0.39 is 17.8 Å². The fourth-order valence-corrected chi connectivity index (χ4v) is 1.88. The Bertz CT molecular complexity index is 344. The first kappa shape index (κ1) is 15.5. The summed E-state index contributed by atoms with van der Waals surface area (Å²) in [5.41, 5.74) is 0. The molecule has 1 rings (SSSR count). The third kappa shape index (κ3) is 4.54. The average molecular weight is 270 g/mol. The maximum absolute atomic E-state index is 11.8. The van der Waals surface area contributed by atoms with E-state index >= 15 is 0 Å². The van der Waals surface area contributed by atoms with Crippen molar-refractivity contribution >= 4 is 17.8 Å². The number of carbonyl (C=O) groups is 3. The zero-order chi connectivity index (χ0) is 14.3. The SMILES string of the molecule is CCCCOC(=O)CN1CCN(CCC)C(=O)C1=O. The van der Waals surface area contributed by atoms with E-state index in [0.717, 1.165) is 19.3 Å². The van der Waals surface area contributed by atoms with E-state index in [2.05, 4.69) is 0 Å². The van der Waals surface area contributed by atoms with Crippen molar-refractivity contribution in [3.8, 4) is 0 Å². The molecule has 0 aromatic carbocycles. The highest BCUT2D eigenvalue weighted by molar-refractivity contribution is 6.35. The summed E-state index contributed by atoms with van der Waals surface area (Å²) in [7, 11) is 0. The molecular formula is C13H22N2O4. The maximum atomic E-state index is 11.8.